The van der Waals surface area contributed by atoms with E-state index < -0.39 is 74.4 Å². The molecule has 4 N–H and O–H groups in total. The molecule has 3 aromatic rings. The van der Waals surface area contributed by atoms with Crippen molar-refractivity contribution >= 4 is 42.5 Å². The van der Waals surface area contributed by atoms with E-state index >= 15 is 8.78 Å². The number of aliphatic hydroxyl groups excluding tert-OH is 1. The van der Waals surface area contributed by atoms with E-state index in [9.17, 15) is 28.8 Å². The van der Waals surface area contributed by atoms with Crippen LogP contribution in [-0.2, 0) is 44.2 Å². The number of esters is 2. The summed E-state index contributed by atoms with van der Waals surface area (Å²) in [6.07, 6.45) is -7.12. The third-order valence-corrected chi connectivity index (χ3v) is 9.50. The van der Waals surface area contributed by atoms with Crippen molar-refractivity contribution in [2.75, 3.05) is 39.4 Å². The summed E-state index contributed by atoms with van der Waals surface area (Å²) < 4.78 is 86.5. The van der Waals surface area contributed by atoms with Crippen LogP contribution in [0.15, 0.2) is 39.7 Å². The SMILES string of the molecule is CCOC(=O)[C@H](C)NP(=O)(N[C@@H](C)C(=O)OCC)OC[C@H]1OC(n2ccc(NC(=O)OCc3cc4cc(OC)cc(OC)c4o3)nc2=O)C(F)(F)[C@@H]1O. The van der Waals surface area contributed by atoms with E-state index in [1.165, 1.54) is 41.9 Å². The van der Waals surface area contributed by atoms with Crippen LogP contribution in [0.1, 0.15) is 39.7 Å². The Balaban J connectivity index is 1.42. The van der Waals surface area contributed by atoms with E-state index in [1.54, 1.807) is 18.2 Å². The zero-order valence-corrected chi connectivity index (χ0v) is 30.3. The first-order valence-electron chi connectivity index (χ1n) is 16.1. The first-order chi connectivity index (χ1) is 25.0. The van der Waals surface area contributed by atoms with Crippen molar-refractivity contribution in [2.45, 2.75) is 70.7 Å². The van der Waals surface area contributed by atoms with Crippen LogP contribution >= 0.6 is 7.67 Å². The number of methoxy groups -OCH3 is 2. The lowest BCUT2D eigenvalue weighted by Crippen LogP contribution is -2.44. The maximum Gasteiger partial charge on any atom is 0.413 e. The normalized spacial score (nSPS) is 19.3. The number of amides is 1. The number of fused-ring (bicyclic) bond motifs is 1. The summed E-state index contributed by atoms with van der Waals surface area (Å²) in [5, 5.41) is 18.0. The highest BCUT2D eigenvalue weighted by Gasteiger charge is 2.60. The maximum atomic E-state index is 15.3. The molecule has 1 aliphatic heterocycles. The number of furan rings is 1. The van der Waals surface area contributed by atoms with Crippen molar-refractivity contribution < 1.29 is 70.2 Å². The summed E-state index contributed by atoms with van der Waals surface area (Å²) in [4.78, 5) is 53.3. The molecule has 1 unspecified atom stereocenters. The van der Waals surface area contributed by atoms with Crippen LogP contribution in [0.3, 0.4) is 0 Å². The Labute approximate surface area is 300 Å². The van der Waals surface area contributed by atoms with Crippen LogP contribution in [0.2, 0.25) is 0 Å². The summed E-state index contributed by atoms with van der Waals surface area (Å²) in [7, 11) is -1.53. The van der Waals surface area contributed by atoms with Gasteiger partial charge in [-0.1, -0.05) is 0 Å². The predicted molar refractivity (Wildman–Crippen MR) is 179 cm³/mol. The van der Waals surface area contributed by atoms with Crippen LogP contribution in [-0.4, -0.2) is 96.9 Å². The fraction of sp³-hybridized carbons (Fsp3) is 0.516. The number of rotatable bonds is 17. The minimum atomic E-state index is -4.46. The number of hydrogen-bond acceptors (Lipinski definition) is 15. The van der Waals surface area contributed by atoms with Gasteiger partial charge in [0, 0.05) is 17.6 Å². The molecule has 53 heavy (non-hydrogen) atoms. The number of aliphatic hydroxyl groups is 1. The second-order valence-electron chi connectivity index (χ2n) is 11.4. The molecule has 1 fully saturated rings. The molecule has 2 aromatic heterocycles. The van der Waals surface area contributed by atoms with Gasteiger partial charge in [-0.15, -0.1) is 0 Å². The number of aromatic nitrogens is 2. The molecule has 1 amide bonds. The van der Waals surface area contributed by atoms with Crippen LogP contribution in [0.4, 0.5) is 19.4 Å². The van der Waals surface area contributed by atoms with Crippen LogP contribution < -0.4 is 30.7 Å². The highest BCUT2D eigenvalue weighted by Crippen LogP contribution is 2.45. The van der Waals surface area contributed by atoms with Gasteiger partial charge in [0.2, 0.25) is 6.23 Å². The van der Waals surface area contributed by atoms with Crippen molar-refractivity contribution in [3.8, 4) is 11.5 Å². The number of benzene rings is 1. The van der Waals surface area contributed by atoms with Gasteiger partial charge in [-0.05, 0) is 45.9 Å². The smallest absolute Gasteiger partial charge is 0.413 e. The number of alkyl halides is 2. The molecular formula is C31H40F2N5O14P. The van der Waals surface area contributed by atoms with Crippen molar-refractivity contribution in [2.24, 2.45) is 0 Å². The lowest BCUT2D eigenvalue weighted by molar-refractivity contribution is -0.145. The third-order valence-electron chi connectivity index (χ3n) is 7.53. The number of nitrogens with zero attached hydrogens (tertiary/aromatic N) is 2. The van der Waals surface area contributed by atoms with Crippen molar-refractivity contribution in [1.82, 2.24) is 19.7 Å². The van der Waals surface area contributed by atoms with Crippen LogP contribution in [0.25, 0.3) is 11.0 Å². The van der Waals surface area contributed by atoms with Gasteiger partial charge in [-0.2, -0.15) is 13.8 Å². The summed E-state index contributed by atoms with van der Waals surface area (Å²) in [5.74, 6) is -5.01. The first-order valence-corrected chi connectivity index (χ1v) is 17.7. The number of hydrogen-bond donors (Lipinski definition) is 4. The Hall–Kier alpha value is -4.66. The van der Waals surface area contributed by atoms with Gasteiger partial charge in [0.1, 0.15) is 35.5 Å². The second-order valence-corrected chi connectivity index (χ2v) is 13.2. The second kappa shape index (κ2) is 17.4. The lowest BCUT2D eigenvalue weighted by Gasteiger charge is -2.27. The van der Waals surface area contributed by atoms with Gasteiger partial charge in [0.25, 0.3) is 0 Å². The highest BCUT2D eigenvalue weighted by molar-refractivity contribution is 7.54. The number of anilines is 1. The molecular weight excluding hydrogens is 735 g/mol. The summed E-state index contributed by atoms with van der Waals surface area (Å²) >= 11 is 0. The maximum absolute atomic E-state index is 15.3. The van der Waals surface area contributed by atoms with Gasteiger partial charge in [0.05, 0.1) is 34.0 Å². The van der Waals surface area contributed by atoms with E-state index in [0.717, 1.165) is 12.3 Å². The topological polar surface area (TPSA) is 237 Å². The molecule has 292 valence electrons. The Morgan fingerprint density at radius 1 is 1.04 bits per heavy atom. The van der Waals surface area contributed by atoms with Crippen molar-refractivity contribution in [1.29, 1.82) is 0 Å². The molecule has 0 spiro atoms. The Kier molecular flexibility index (Phi) is 13.5. The fourth-order valence-electron chi connectivity index (χ4n) is 4.97. The minimum Gasteiger partial charge on any atom is -0.497 e. The fourth-order valence-corrected chi connectivity index (χ4v) is 6.78. The lowest BCUT2D eigenvalue weighted by atomic mass is 10.1. The average Bonchev–Trinajstić information content (AvgIpc) is 3.63. The molecule has 0 radical (unpaired) electrons. The molecule has 1 aliphatic rings. The number of carbonyl (C=O) groups is 3. The van der Waals surface area contributed by atoms with Crippen LogP contribution in [0.5, 0.6) is 11.5 Å². The van der Waals surface area contributed by atoms with E-state index in [4.69, 9.17) is 37.4 Å². The Morgan fingerprint density at radius 3 is 2.25 bits per heavy atom. The number of carbonyl (C=O) groups excluding carboxylic acids is 3. The Bertz CT molecular complexity index is 1860. The molecule has 0 saturated carbocycles. The standard InChI is InChI=1S/C31H40F2N5O14P/c1-7-47-26(40)16(3)36-53(44,37-17(4)27(41)48-8-2)50-15-22-25(39)31(32,33)28(52-22)38-10-9-23(34-29(38)42)35-30(43)49-14-20-12-18-11-19(45-5)13-21(46-6)24(18)51-20/h9-13,16-17,22,25,28,39H,7-8,14-15H2,1-6H3,(H2,36,37,44)(H,34,35,42,43)/t16-,17-,22+,25+,28?/m0/s1. The van der Waals surface area contributed by atoms with E-state index in [2.05, 4.69) is 20.5 Å². The monoisotopic (exact) mass is 775 g/mol. The number of halogens is 2. The molecule has 1 aromatic carbocycles. The highest BCUT2D eigenvalue weighted by atomic mass is 31.2. The molecule has 5 atom stereocenters. The molecule has 0 bridgehead atoms. The summed E-state index contributed by atoms with van der Waals surface area (Å²) in [6, 6.07) is 3.37. The van der Waals surface area contributed by atoms with Gasteiger partial charge in [-0.3, -0.25) is 24.0 Å². The summed E-state index contributed by atoms with van der Waals surface area (Å²) in [5.41, 5.74) is -0.919. The van der Waals surface area contributed by atoms with E-state index in [1.807, 2.05) is 0 Å². The molecule has 0 aliphatic carbocycles. The molecule has 19 nitrogen and oxygen atoms in total. The molecule has 1 saturated heterocycles. The van der Waals surface area contributed by atoms with Gasteiger partial charge in [0.15, 0.2) is 24.0 Å². The first kappa shape index (κ1) is 41.1. The zero-order chi connectivity index (χ0) is 39.1. The van der Waals surface area contributed by atoms with Gasteiger partial charge >= 0.3 is 37.3 Å². The molecule has 3 heterocycles. The third kappa shape index (κ3) is 9.86. The predicted octanol–water partition coefficient (Wildman–Crippen LogP) is 2.86. The number of ether oxygens (including phenoxy) is 6. The minimum absolute atomic E-state index is 0.00689. The largest absolute Gasteiger partial charge is 0.497 e. The molecule has 22 heteroatoms. The van der Waals surface area contributed by atoms with Crippen LogP contribution in [0, 0.1) is 0 Å². The summed E-state index contributed by atoms with van der Waals surface area (Å²) in [6.45, 7) is 4.31. The number of nitrogens with one attached hydrogen (secondary N) is 3. The van der Waals surface area contributed by atoms with E-state index in [0.29, 0.717) is 27.0 Å². The van der Waals surface area contributed by atoms with E-state index in [-0.39, 0.29) is 31.4 Å². The zero-order valence-electron chi connectivity index (χ0n) is 29.5. The van der Waals surface area contributed by atoms with Crippen molar-refractivity contribution in [3.63, 3.8) is 0 Å². The quantitative estimate of drug-likeness (QED) is 0.0876. The average molecular weight is 776 g/mol. The van der Waals surface area contributed by atoms with Gasteiger partial charge < -0.3 is 42.5 Å². The van der Waals surface area contributed by atoms with Crippen molar-refractivity contribution in [3.05, 3.63) is 46.7 Å². The van der Waals surface area contributed by atoms with Gasteiger partial charge in [-0.25, -0.2) is 19.8 Å². The Morgan fingerprint density at radius 2 is 1.68 bits per heavy atom. The molecule has 4 rings (SSSR count).